The minimum atomic E-state index is -0.859. The highest BCUT2D eigenvalue weighted by atomic mass is 16.5. The number of nitrogens with one attached hydrogen (secondary N) is 1. The van der Waals surface area contributed by atoms with Gasteiger partial charge in [0.25, 0.3) is 5.91 Å². The van der Waals surface area contributed by atoms with Crippen LogP contribution < -0.4 is 24.3 Å². The molecular formula is C25H27NO6. The Labute approximate surface area is 187 Å². The van der Waals surface area contributed by atoms with E-state index in [4.69, 9.17) is 18.9 Å². The van der Waals surface area contributed by atoms with Crippen LogP contribution in [0.4, 0.5) is 0 Å². The predicted octanol–water partition coefficient (Wildman–Crippen LogP) is 3.75. The summed E-state index contributed by atoms with van der Waals surface area (Å²) in [6, 6.07) is 19.9. The first-order valence-electron chi connectivity index (χ1n) is 10.1. The normalized spacial score (nSPS) is 11.4. The molecule has 3 aromatic rings. The summed E-state index contributed by atoms with van der Waals surface area (Å²) in [7, 11) is 4.57. The molecular weight excluding hydrogens is 410 g/mol. The topological polar surface area (TPSA) is 86.3 Å². The Bertz CT molecular complexity index is 995. The average molecular weight is 437 g/mol. The number of carbonyl (C=O) groups excluding carboxylic acids is 1. The van der Waals surface area contributed by atoms with Gasteiger partial charge in [-0.05, 0) is 35.4 Å². The van der Waals surface area contributed by atoms with Crippen molar-refractivity contribution in [3.05, 3.63) is 83.4 Å². The highest BCUT2D eigenvalue weighted by molar-refractivity contribution is 5.95. The Kier molecular flexibility index (Phi) is 7.94. The fourth-order valence-electron chi connectivity index (χ4n) is 3.12. The lowest BCUT2D eigenvalue weighted by molar-refractivity contribution is 0.0915. The summed E-state index contributed by atoms with van der Waals surface area (Å²) in [4.78, 5) is 12.7. The van der Waals surface area contributed by atoms with Gasteiger partial charge in [0.1, 0.15) is 12.4 Å². The van der Waals surface area contributed by atoms with Crippen molar-refractivity contribution in [2.75, 3.05) is 27.9 Å². The van der Waals surface area contributed by atoms with Crippen LogP contribution in [0.3, 0.4) is 0 Å². The van der Waals surface area contributed by atoms with E-state index in [0.29, 0.717) is 40.7 Å². The number of benzene rings is 3. The molecule has 7 nitrogen and oxygen atoms in total. The highest BCUT2D eigenvalue weighted by Gasteiger charge is 2.19. The Balaban J connectivity index is 1.70. The molecule has 1 atom stereocenters. The zero-order valence-corrected chi connectivity index (χ0v) is 18.3. The molecule has 0 aliphatic rings. The minimum absolute atomic E-state index is 0.0437. The maximum Gasteiger partial charge on any atom is 0.251 e. The first kappa shape index (κ1) is 23.0. The van der Waals surface area contributed by atoms with E-state index in [1.807, 2.05) is 30.3 Å². The van der Waals surface area contributed by atoms with Crippen molar-refractivity contribution in [3.8, 4) is 23.0 Å². The monoisotopic (exact) mass is 437 g/mol. The van der Waals surface area contributed by atoms with Crippen molar-refractivity contribution in [2.45, 2.75) is 12.7 Å². The first-order chi connectivity index (χ1) is 15.5. The van der Waals surface area contributed by atoms with E-state index in [0.717, 1.165) is 5.56 Å². The summed E-state index contributed by atoms with van der Waals surface area (Å²) < 4.78 is 21.9. The molecule has 32 heavy (non-hydrogen) atoms. The molecule has 0 heterocycles. The van der Waals surface area contributed by atoms with Crippen LogP contribution in [0.25, 0.3) is 0 Å². The molecule has 0 spiro atoms. The number of hydrogen-bond donors (Lipinski definition) is 2. The van der Waals surface area contributed by atoms with Crippen LogP contribution in [-0.4, -0.2) is 38.9 Å². The van der Waals surface area contributed by atoms with Gasteiger partial charge in [-0.15, -0.1) is 0 Å². The first-order valence-corrected chi connectivity index (χ1v) is 10.1. The van der Waals surface area contributed by atoms with Gasteiger partial charge in [-0.25, -0.2) is 0 Å². The molecule has 0 aromatic heterocycles. The number of carbonyl (C=O) groups is 1. The largest absolute Gasteiger partial charge is 0.497 e. The molecule has 1 amide bonds. The summed E-state index contributed by atoms with van der Waals surface area (Å²) in [6.45, 7) is 0.370. The zero-order valence-electron chi connectivity index (χ0n) is 18.3. The predicted molar refractivity (Wildman–Crippen MR) is 121 cm³/mol. The average Bonchev–Trinajstić information content (AvgIpc) is 2.85. The number of aliphatic hydroxyl groups is 1. The van der Waals surface area contributed by atoms with Crippen molar-refractivity contribution in [1.82, 2.24) is 5.32 Å². The van der Waals surface area contributed by atoms with Crippen molar-refractivity contribution >= 4 is 5.91 Å². The van der Waals surface area contributed by atoms with E-state index in [9.17, 15) is 9.90 Å². The SMILES string of the molecule is COc1ccc(C(O)CNC(=O)c2cc(OC)c(OCc3ccccc3)c(OC)c2)cc1. The van der Waals surface area contributed by atoms with Crippen LogP contribution in [0.5, 0.6) is 23.0 Å². The third-order valence-corrected chi connectivity index (χ3v) is 4.91. The van der Waals surface area contributed by atoms with E-state index in [1.165, 1.54) is 14.2 Å². The quantitative estimate of drug-likeness (QED) is 0.502. The molecule has 0 fully saturated rings. The minimum Gasteiger partial charge on any atom is -0.497 e. The van der Waals surface area contributed by atoms with Gasteiger partial charge < -0.3 is 29.4 Å². The van der Waals surface area contributed by atoms with Crippen LogP contribution in [-0.2, 0) is 6.61 Å². The standard InChI is InChI=1S/C25H27NO6/c1-29-20-11-9-18(10-12-20)21(27)15-26-25(28)19-13-22(30-2)24(23(14-19)31-3)32-16-17-7-5-4-6-8-17/h4-14,21,27H,15-16H2,1-3H3,(H,26,28). The fourth-order valence-corrected chi connectivity index (χ4v) is 3.12. The third kappa shape index (κ3) is 5.70. The Morgan fingerprint density at radius 1 is 0.906 bits per heavy atom. The molecule has 0 radical (unpaired) electrons. The van der Waals surface area contributed by atoms with E-state index in [-0.39, 0.29) is 12.5 Å². The van der Waals surface area contributed by atoms with Crippen LogP contribution in [0.1, 0.15) is 27.6 Å². The molecule has 0 saturated carbocycles. The van der Waals surface area contributed by atoms with Crippen molar-refractivity contribution in [2.24, 2.45) is 0 Å². The lowest BCUT2D eigenvalue weighted by atomic mass is 10.1. The molecule has 2 N–H and O–H groups in total. The second-order valence-electron chi connectivity index (χ2n) is 6.98. The summed E-state index contributed by atoms with van der Waals surface area (Å²) in [6.07, 6.45) is -0.859. The molecule has 3 rings (SSSR count). The Morgan fingerprint density at radius 3 is 2.09 bits per heavy atom. The highest BCUT2D eigenvalue weighted by Crippen LogP contribution is 2.39. The summed E-state index contributed by atoms with van der Waals surface area (Å²) in [5, 5.41) is 13.1. The van der Waals surface area contributed by atoms with Crippen molar-refractivity contribution in [3.63, 3.8) is 0 Å². The van der Waals surface area contributed by atoms with E-state index >= 15 is 0 Å². The van der Waals surface area contributed by atoms with Gasteiger partial charge in [-0.2, -0.15) is 0 Å². The number of methoxy groups -OCH3 is 3. The molecule has 0 aliphatic heterocycles. The van der Waals surface area contributed by atoms with Gasteiger partial charge in [0, 0.05) is 12.1 Å². The molecule has 7 heteroatoms. The van der Waals surface area contributed by atoms with Crippen LogP contribution in [0.2, 0.25) is 0 Å². The zero-order chi connectivity index (χ0) is 22.9. The summed E-state index contributed by atoms with van der Waals surface area (Å²) >= 11 is 0. The molecule has 3 aromatic carbocycles. The van der Waals surface area contributed by atoms with E-state index < -0.39 is 6.10 Å². The van der Waals surface area contributed by atoms with Crippen LogP contribution in [0.15, 0.2) is 66.7 Å². The molecule has 0 saturated heterocycles. The van der Waals surface area contributed by atoms with Gasteiger partial charge in [0.2, 0.25) is 5.75 Å². The number of aliphatic hydroxyl groups excluding tert-OH is 1. The van der Waals surface area contributed by atoms with Gasteiger partial charge in [0.05, 0.1) is 27.4 Å². The summed E-state index contributed by atoms with van der Waals surface area (Å²) in [5.41, 5.74) is 1.99. The number of ether oxygens (including phenoxy) is 4. The van der Waals surface area contributed by atoms with Gasteiger partial charge >= 0.3 is 0 Å². The van der Waals surface area contributed by atoms with Crippen molar-refractivity contribution in [1.29, 1.82) is 0 Å². The van der Waals surface area contributed by atoms with Gasteiger partial charge in [-0.1, -0.05) is 42.5 Å². The van der Waals surface area contributed by atoms with Crippen molar-refractivity contribution < 1.29 is 28.8 Å². The Morgan fingerprint density at radius 2 is 1.53 bits per heavy atom. The lowest BCUT2D eigenvalue weighted by Gasteiger charge is -2.17. The van der Waals surface area contributed by atoms with Crippen LogP contribution >= 0.6 is 0 Å². The summed E-state index contributed by atoms with van der Waals surface area (Å²) in [5.74, 6) is 1.48. The second kappa shape index (κ2) is 11.1. The van der Waals surface area contributed by atoms with E-state index in [2.05, 4.69) is 5.32 Å². The van der Waals surface area contributed by atoms with Crippen LogP contribution in [0, 0.1) is 0 Å². The number of amides is 1. The van der Waals surface area contributed by atoms with E-state index in [1.54, 1.807) is 43.5 Å². The fraction of sp³-hybridized carbons (Fsp3) is 0.240. The van der Waals surface area contributed by atoms with Gasteiger partial charge in [-0.3, -0.25) is 4.79 Å². The third-order valence-electron chi connectivity index (χ3n) is 4.91. The lowest BCUT2D eigenvalue weighted by Crippen LogP contribution is -2.28. The molecule has 168 valence electrons. The molecule has 0 bridgehead atoms. The van der Waals surface area contributed by atoms with Gasteiger partial charge in [0.15, 0.2) is 11.5 Å². The molecule has 1 unspecified atom stereocenters. The Hall–Kier alpha value is -3.71. The molecule has 0 aliphatic carbocycles. The number of hydrogen-bond acceptors (Lipinski definition) is 6. The maximum absolute atomic E-state index is 12.7. The number of rotatable bonds is 10. The second-order valence-corrected chi connectivity index (χ2v) is 6.98. The smallest absolute Gasteiger partial charge is 0.251 e. The maximum atomic E-state index is 12.7.